The first kappa shape index (κ1) is 10.0. The van der Waals surface area contributed by atoms with Gasteiger partial charge in [0, 0.05) is 5.02 Å². The summed E-state index contributed by atoms with van der Waals surface area (Å²) < 4.78 is 1.92. The lowest BCUT2D eigenvalue weighted by atomic mass is 10.3. The summed E-state index contributed by atoms with van der Waals surface area (Å²) in [6, 6.07) is 5.53. The zero-order valence-electron chi connectivity index (χ0n) is 8.07. The summed E-state index contributed by atoms with van der Waals surface area (Å²) in [5.74, 6) is 3.37. The second-order valence-electron chi connectivity index (χ2n) is 3.16. The van der Waals surface area contributed by atoms with E-state index in [0.29, 0.717) is 18.1 Å². The second-order valence-corrected chi connectivity index (χ2v) is 3.59. The monoisotopic (exact) mass is 219 g/mol. The molecule has 0 aliphatic carbocycles. The number of fused-ring (bicyclic) bond motifs is 1. The smallest absolute Gasteiger partial charge is 0.124 e. The standard InChI is InChI=1S/C11H10ClN3/c1-2-5-15-10-4-3-8(12)6-9(10)14-11(15)7-13/h1,3-4,6H,5,7,13H2. The number of imidazole rings is 1. The van der Waals surface area contributed by atoms with Crippen LogP contribution in [0.4, 0.5) is 0 Å². The average Bonchev–Trinajstić information content (AvgIpc) is 2.56. The van der Waals surface area contributed by atoms with Gasteiger partial charge in [-0.05, 0) is 18.2 Å². The first-order valence-electron chi connectivity index (χ1n) is 4.54. The number of nitrogens with two attached hydrogens (primary N) is 1. The van der Waals surface area contributed by atoms with Crippen molar-refractivity contribution in [2.45, 2.75) is 13.1 Å². The maximum Gasteiger partial charge on any atom is 0.124 e. The van der Waals surface area contributed by atoms with Crippen molar-refractivity contribution in [2.24, 2.45) is 5.73 Å². The number of halogens is 1. The van der Waals surface area contributed by atoms with Crippen LogP contribution in [0.1, 0.15) is 5.82 Å². The molecule has 1 heterocycles. The summed E-state index contributed by atoms with van der Waals surface area (Å²) in [5.41, 5.74) is 7.40. The van der Waals surface area contributed by atoms with Crippen molar-refractivity contribution in [1.82, 2.24) is 9.55 Å². The molecule has 0 saturated heterocycles. The number of hydrogen-bond acceptors (Lipinski definition) is 2. The van der Waals surface area contributed by atoms with Crippen molar-refractivity contribution in [3.63, 3.8) is 0 Å². The zero-order chi connectivity index (χ0) is 10.8. The molecule has 0 radical (unpaired) electrons. The normalized spacial score (nSPS) is 10.5. The van der Waals surface area contributed by atoms with E-state index >= 15 is 0 Å². The Morgan fingerprint density at radius 1 is 1.53 bits per heavy atom. The van der Waals surface area contributed by atoms with Crippen LogP contribution < -0.4 is 5.73 Å². The van der Waals surface area contributed by atoms with Crippen LogP contribution in [0.2, 0.25) is 5.02 Å². The molecule has 0 amide bonds. The summed E-state index contributed by atoms with van der Waals surface area (Å²) >= 11 is 5.88. The quantitative estimate of drug-likeness (QED) is 0.783. The fraction of sp³-hybridized carbons (Fsp3) is 0.182. The number of aromatic nitrogens is 2. The number of terminal acetylenes is 1. The molecule has 2 N–H and O–H groups in total. The van der Waals surface area contributed by atoms with Gasteiger partial charge in [-0.25, -0.2) is 4.98 Å². The molecule has 0 spiro atoms. The summed E-state index contributed by atoms with van der Waals surface area (Å²) in [6.45, 7) is 0.846. The molecule has 1 aromatic carbocycles. The van der Waals surface area contributed by atoms with E-state index in [1.807, 2.05) is 22.8 Å². The molecule has 0 aliphatic heterocycles. The lowest BCUT2D eigenvalue weighted by Crippen LogP contribution is -2.07. The first-order valence-corrected chi connectivity index (χ1v) is 4.92. The number of nitrogens with zero attached hydrogens (tertiary/aromatic N) is 2. The Morgan fingerprint density at radius 3 is 3.00 bits per heavy atom. The van der Waals surface area contributed by atoms with Gasteiger partial charge in [-0.15, -0.1) is 6.42 Å². The van der Waals surface area contributed by atoms with Gasteiger partial charge in [0.15, 0.2) is 0 Å². The molecule has 1 aromatic heterocycles. The van der Waals surface area contributed by atoms with Gasteiger partial charge < -0.3 is 10.3 Å². The minimum absolute atomic E-state index is 0.369. The van der Waals surface area contributed by atoms with Gasteiger partial charge in [0.2, 0.25) is 0 Å². The first-order chi connectivity index (χ1) is 7.26. The van der Waals surface area contributed by atoms with Gasteiger partial charge in [0.1, 0.15) is 5.82 Å². The molecule has 15 heavy (non-hydrogen) atoms. The molecular formula is C11H10ClN3. The van der Waals surface area contributed by atoms with E-state index in [-0.39, 0.29) is 0 Å². The van der Waals surface area contributed by atoms with Crippen LogP contribution in [-0.4, -0.2) is 9.55 Å². The minimum Gasteiger partial charge on any atom is -0.324 e. The average molecular weight is 220 g/mol. The topological polar surface area (TPSA) is 43.8 Å². The summed E-state index contributed by atoms with van der Waals surface area (Å²) in [6.07, 6.45) is 5.30. The van der Waals surface area contributed by atoms with E-state index < -0.39 is 0 Å². The molecule has 0 atom stereocenters. The highest BCUT2D eigenvalue weighted by Crippen LogP contribution is 2.20. The fourth-order valence-corrected chi connectivity index (χ4v) is 1.74. The van der Waals surface area contributed by atoms with Gasteiger partial charge in [-0.3, -0.25) is 0 Å². The minimum atomic E-state index is 0.369. The van der Waals surface area contributed by atoms with E-state index in [1.165, 1.54) is 0 Å². The molecule has 0 unspecified atom stereocenters. The summed E-state index contributed by atoms with van der Waals surface area (Å²) in [4.78, 5) is 4.37. The van der Waals surface area contributed by atoms with E-state index in [2.05, 4.69) is 10.9 Å². The molecular weight excluding hydrogens is 210 g/mol. The molecule has 0 aliphatic rings. The molecule has 2 aromatic rings. The summed E-state index contributed by atoms with van der Waals surface area (Å²) in [5, 5.41) is 0.663. The Kier molecular flexibility index (Phi) is 2.63. The molecule has 0 bridgehead atoms. The Labute approximate surface area is 92.9 Å². The van der Waals surface area contributed by atoms with E-state index in [0.717, 1.165) is 16.9 Å². The van der Waals surface area contributed by atoms with Crippen molar-refractivity contribution in [3.05, 3.63) is 29.0 Å². The van der Waals surface area contributed by atoms with Gasteiger partial charge >= 0.3 is 0 Å². The van der Waals surface area contributed by atoms with Crippen LogP contribution in [0.5, 0.6) is 0 Å². The van der Waals surface area contributed by atoms with Gasteiger partial charge in [-0.1, -0.05) is 17.5 Å². The van der Waals surface area contributed by atoms with Crippen LogP contribution in [0.15, 0.2) is 18.2 Å². The second kappa shape index (κ2) is 3.93. The Hall–Kier alpha value is -1.50. The highest BCUT2D eigenvalue weighted by molar-refractivity contribution is 6.31. The fourth-order valence-electron chi connectivity index (χ4n) is 1.58. The zero-order valence-corrected chi connectivity index (χ0v) is 8.83. The van der Waals surface area contributed by atoms with Crippen LogP contribution in [-0.2, 0) is 13.1 Å². The molecule has 0 fully saturated rings. The third-order valence-corrected chi connectivity index (χ3v) is 2.46. The third kappa shape index (κ3) is 1.70. The molecule has 0 saturated carbocycles. The van der Waals surface area contributed by atoms with Crippen molar-refractivity contribution in [1.29, 1.82) is 0 Å². The summed E-state index contributed by atoms with van der Waals surface area (Å²) in [7, 11) is 0. The largest absolute Gasteiger partial charge is 0.324 e. The van der Waals surface area contributed by atoms with Crippen LogP contribution in [0.25, 0.3) is 11.0 Å². The maximum absolute atomic E-state index is 5.88. The van der Waals surface area contributed by atoms with Crippen LogP contribution >= 0.6 is 11.6 Å². The third-order valence-electron chi connectivity index (χ3n) is 2.22. The Bertz CT molecular complexity index is 536. The van der Waals surface area contributed by atoms with Gasteiger partial charge in [-0.2, -0.15) is 0 Å². The Morgan fingerprint density at radius 2 is 2.33 bits per heavy atom. The number of rotatable bonds is 2. The van der Waals surface area contributed by atoms with E-state index in [4.69, 9.17) is 23.8 Å². The van der Waals surface area contributed by atoms with Gasteiger partial charge in [0.25, 0.3) is 0 Å². The predicted molar refractivity (Wildman–Crippen MR) is 61.5 cm³/mol. The molecule has 3 nitrogen and oxygen atoms in total. The van der Waals surface area contributed by atoms with Crippen molar-refractivity contribution in [3.8, 4) is 12.3 Å². The van der Waals surface area contributed by atoms with Crippen LogP contribution in [0, 0.1) is 12.3 Å². The molecule has 4 heteroatoms. The maximum atomic E-state index is 5.88. The van der Waals surface area contributed by atoms with Crippen LogP contribution in [0.3, 0.4) is 0 Å². The lowest BCUT2D eigenvalue weighted by Gasteiger charge is -2.02. The highest BCUT2D eigenvalue weighted by atomic mass is 35.5. The van der Waals surface area contributed by atoms with Gasteiger partial charge in [0.05, 0.1) is 24.1 Å². The van der Waals surface area contributed by atoms with E-state index in [9.17, 15) is 0 Å². The van der Waals surface area contributed by atoms with Crippen molar-refractivity contribution in [2.75, 3.05) is 0 Å². The predicted octanol–water partition coefficient (Wildman–Crippen LogP) is 1.78. The SMILES string of the molecule is C#CCn1c(CN)nc2cc(Cl)ccc21. The van der Waals surface area contributed by atoms with E-state index in [1.54, 1.807) is 0 Å². The number of hydrogen-bond donors (Lipinski definition) is 1. The highest BCUT2D eigenvalue weighted by Gasteiger charge is 2.08. The lowest BCUT2D eigenvalue weighted by molar-refractivity contribution is 0.771. The molecule has 76 valence electrons. The van der Waals surface area contributed by atoms with Crippen molar-refractivity contribution < 1.29 is 0 Å². The molecule has 2 rings (SSSR count). The number of benzene rings is 1. The van der Waals surface area contributed by atoms with Crippen molar-refractivity contribution >= 4 is 22.6 Å². The Balaban J connectivity index is 2.70.